The van der Waals surface area contributed by atoms with E-state index in [0.717, 1.165) is 57.5 Å². The van der Waals surface area contributed by atoms with Crippen molar-refractivity contribution in [2.24, 2.45) is 0 Å². The van der Waals surface area contributed by atoms with Crippen LogP contribution in [0, 0.1) is 0 Å². The van der Waals surface area contributed by atoms with Crippen molar-refractivity contribution >= 4 is 72.7 Å². The fraction of sp³-hybridized carbons (Fsp3) is 0.306. The summed E-state index contributed by atoms with van der Waals surface area (Å²) in [7, 11) is 0. The van der Waals surface area contributed by atoms with Crippen molar-refractivity contribution < 1.29 is 33.8 Å². The van der Waals surface area contributed by atoms with Gasteiger partial charge in [-0.25, -0.2) is 4.79 Å². The summed E-state index contributed by atoms with van der Waals surface area (Å²) in [6, 6.07) is 12.6. The van der Waals surface area contributed by atoms with Gasteiger partial charge in [-0.05, 0) is 76.3 Å². The lowest BCUT2D eigenvalue weighted by Gasteiger charge is -2.34. The van der Waals surface area contributed by atoms with E-state index in [0.29, 0.717) is 27.3 Å². The average Bonchev–Trinajstić information content (AvgIpc) is 3.04. The van der Waals surface area contributed by atoms with Crippen molar-refractivity contribution in [2.45, 2.75) is 58.5 Å². The number of imide groups is 2. The number of fused-ring (bicyclic) bond motifs is 2. The van der Waals surface area contributed by atoms with E-state index in [4.69, 9.17) is 4.74 Å². The molecule has 2 aliphatic rings. The van der Waals surface area contributed by atoms with Gasteiger partial charge >= 0.3 is 5.97 Å². The number of hydrogen-bond donors (Lipinski definition) is 1. The van der Waals surface area contributed by atoms with E-state index in [-0.39, 0.29) is 35.6 Å². The van der Waals surface area contributed by atoms with Gasteiger partial charge in [0.1, 0.15) is 0 Å². The maximum atomic E-state index is 14.0. The molecule has 9 nitrogen and oxygen atoms in total. The molecule has 0 saturated heterocycles. The van der Waals surface area contributed by atoms with Crippen LogP contribution in [0.4, 0.5) is 0 Å². The topological polar surface area (TPSA) is 121 Å². The number of aliphatic hydroxyl groups is 1. The van der Waals surface area contributed by atoms with Crippen LogP contribution in [0.25, 0.3) is 43.1 Å². The summed E-state index contributed by atoms with van der Waals surface area (Å²) in [6.07, 6.45) is 3.21. The number of carbonyl (C=O) groups is 5. The number of benzene rings is 5. The highest BCUT2D eigenvalue weighted by Gasteiger charge is 2.42. The third-order valence-corrected chi connectivity index (χ3v) is 9.35. The summed E-state index contributed by atoms with van der Waals surface area (Å²) in [5, 5.41) is 15.7. The molecule has 0 bridgehead atoms. The van der Waals surface area contributed by atoms with E-state index in [1.807, 2.05) is 12.1 Å². The molecule has 2 heterocycles. The summed E-state index contributed by atoms with van der Waals surface area (Å²) >= 11 is 0. The lowest BCUT2D eigenvalue weighted by molar-refractivity contribution is -0.149. The Kier molecular flexibility index (Phi) is 6.81. The number of hydrogen-bond acceptors (Lipinski definition) is 7. The average molecular weight is 605 g/mol. The van der Waals surface area contributed by atoms with Crippen LogP contribution in [0.2, 0.25) is 0 Å². The molecule has 228 valence electrons. The first kappa shape index (κ1) is 28.9. The van der Waals surface area contributed by atoms with Gasteiger partial charge in [-0.1, -0.05) is 51.0 Å². The Hall–Kier alpha value is -4.89. The number of nitrogens with zero attached hydrogens (tertiary/aromatic N) is 2. The lowest BCUT2D eigenvalue weighted by atomic mass is 9.82. The normalized spacial score (nSPS) is 15.5. The predicted molar refractivity (Wildman–Crippen MR) is 170 cm³/mol. The van der Waals surface area contributed by atoms with Crippen LogP contribution in [-0.2, 0) is 9.53 Å². The maximum Gasteiger partial charge on any atom is 0.331 e. The highest BCUT2D eigenvalue weighted by molar-refractivity contribution is 6.41. The Morgan fingerprint density at radius 2 is 1.00 bits per heavy atom. The maximum absolute atomic E-state index is 14.0. The van der Waals surface area contributed by atoms with Gasteiger partial charge in [0.25, 0.3) is 23.6 Å². The van der Waals surface area contributed by atoms with Gasteiger partial charge < -0.3 is 9.84 Å². The highest BCUT2D eigenvalue weighted by Crippen LogP contribution is 2.46. The van der Waals surface area contributed by atoms with Gasteiger partial charge in [-0.2, -0.15) is 0 Å². The first-order chi connectivity index (χ1) is 21.8. The molecule has 4 amide bonds. The molecule has 2 aliphatic heterocycles. The Morgan fingerprint density at radius 1 is 0.622 bits per heavy atom. The first-order valence-corrected chi connectivity index (χ1v) is 15.5. The molecule has 5 aromatic carbocycles. The van der Waals surface area contributed by atoms with Crippen molar-refractivity contribution in [2.75, 3.05) is 13.2 Å². The van der Waals surface area contributed by atoms with Crippen LogP contribution in [0.3, 0.4) is 0 Å². The Morgan fingerprint density at radius 3 is 1.33 bits per heavy atom. The fourth-order valence-corrected chi connectivity index (χ4v) is 7.49. The van der Waals surface area contributed by atoms with Gasteiger partial charge in [0.05, 0.1) is 13.2 Å². The zero-order chi connectivity index (χ0) is 31.7. The van der Waals surface area contributed by atoms with Crippen molar-refractivity contribution in [3.05, 3.63) is 70.8 Å². The largest absolute Gasteiger partial charge is 0.464 e. The number of ether oxygens (including phenoxy) is 1. The fourth-order valence-electron chi connectivity index (χ4n) is 7.49. The van der Waals surface area contributed by atoms with Crippen molar-refractivity contribution in [1.82, 2.24) is 9.80 Å². The molecule has 7 rings (SSSR count). The molecule has 9 heteroatoms. The van der Waals surface area contributed by atoms with E-state index in [1.165, 1.54) is 4.90 Å². The SMILES string of the molecule is CCCC(CCC)N1C(=O)c2ccc3c4ccc5c6c(ccc(c7ccc(c2c37)C1=O)c64)C(=O)N(C(CO)C(=O)OCC)C5=O. The van der Waals surface area contributed by atoms with E-state index in [1.54, 1.807) is 43.3 Å². The van der Waals surface area contributed by atoms with Crippen molar-refractivity contribution in [3.8, 4) is 0 Å². The number of rotatable bonds is 9. The van der Waals surface area contributed by atoms with Crippen LogP contribution in [0.15, 0.2) is 48.5 Å². The van der Waals surface area contributed by atoms with E-state index in [9.17, 15) is 29.1 Å². The molecule has 0 aromatic heterocycles. The molecule has 0 saturated carbocycles. The molecule has 1 unspecified atom stereocenters. The van der Waals surface area contributed by atoms with E-state index >= 15 is 0 Å². The first-order valence-electron chi connectivity index (χ1n) is 15.5. The molecule has 0 fully saturated rings. The van der Waals surface area contributed by atoms with Crippen LogP contribution < -0.4 is 0 Å². The van der Waals surface area contributed by atoms with Gasteiger partial charge in [0, 0.05) is 39.1 Å². The van der Waals surface area contributed by atoms with Crippen molar-refractivity contribution in [3.63, 3.8) is 0 Å². The second kappa shape index (κ2) is 10.6. The number of esters is 1. The summed E-state index contributed by atoms with van der Waals surface area (Å²) < 4.78 is 5.04. The molecule has 0 spiro atoms. The Bertz CT molecular complexity index is 1990. The molecule has 0 aliphatic carbocycles. The molecular weight excluding hydrogens is 572 g/mol. The number of amides is 4. The van der Waals surface area contributed by atoms with E-state index in [2.05, 4.69) is 13.8 Å². The van der Waals surface area contributed by atoms with Gasteiger partial charge in [-0.15, -0.1) is 0 Å². The molecule has 0 radical (unpaired) electrons. The van der Waals surface area contributed by atoms with Gasteiger partial charge in [0.2, 0.25) is 0 Å². The van der Waals surface area contributed by atoms with Crippen LogP contribution >= 0.6 is 0 Å². The summed E-state index contributed by atoms with van der Waals surface area (Å²) in [4.78, 5) is 70.3. The van der Waals surface area contributed by atoms with Crippen LogP contribution in [0.1, 0.15) is 87.9 Å². The highest BCUT2D eigenvalue weighted by atomic mass is 16.5. The van der Waals surface area contributed by atoms with Crippen LogP contribution in [0.5, 0.6) is 0 Å². The molecule has 5 aromatic rings. The smallest absolute Gasteiger partial charge is 0.331 e. The molecule has 1 N–H and O–H groups in total. The minimum absolute atomic E-state index is 0.0338. The molecule has 1 atom stereocenters. The number of carbonyl (C=O) groups excluding carboxylic acids is 5. The zero-order valence-corrected chi connectivity index (χ0v) is 25.3. The van der Waals surface area contributed by atoms with Gasteiger partial charge in [-0.3, -0.25) is 29.0 Å². The van der Waals surface area contributed by atoms with E-state index < -0.39 is 30.4 Å². The second-order valence-electron chi connectivity index (χ2n) is 11.8. The third-order valence-electron chi connectivity index (χ3n) is 9.35. The molecule has 45 heavy (non-hydrogen) atoms. The second-order valence-corrected chi connectivity index (χ2v) is 11.8. The Labute approximate surface area is 258 Å². The summed E-state index contributed by atoms with van der Waals surface area (Å²) in [6.45, 7) is 4.98. The third kappa shape index (κ3) is 3.86. The quantitative estimate of drug-likeness (QED) is 0.0974. The minimum atomic E-state index is -1.47. The summed E-state index contributed by atoms with van der Waals surface area (Å²) in [5.41, 5.74) is 1.46. The zero-order valence-electron chi connectivity index (χ0n) is 25.3. The van der Waals surface area contributed by atoms with Crippen molar-refractivity contribution in [1.29, 1.82) is 0 Å². The van der Waals surface area contributed by atoms with Crippen LogP contribution in [-0.4, -0.2) is 69.8 Å². The summed E-state index contributed by atoms with van der Waals surface area (Å²) in [5.74, 6) is -2.80. The monoisotopic (exact) mass is 604 g/mol. The number of aliphatic hydroxyl groups excluding tert-OH is 1. The molecular formula is C36H32N2O7. The standard InChI is InChI=1S/C36H32N2O7/c1-4-7-18(8-5-2)37-32(40)23-13-9-19-21-11-15-25-31-26(35(43)38(34(25)42)27(17-39)36(44)45-6-3)16-12-22(29(21)31)20-10-14-24(33(37)41)30(23)28(19)20/h9-16,18,27,39H,4-8,17H2,1-3H3. The predicted octanol–water partition coefficient (Wildman–Crippen LogP) is 5.82. The Balaban J connectivity index is 1.47. The lowest BCUT2D eigenvalue weighted by Crippen LogP contribution is -2.52. The van der Waals surface area contributed by atoms with Gasteiger partial charge in [0.15, 0.2) is 6.04 Å². The minimum Gasteiger partial charge on any atom is -0.464 e.